The van der Waals surface area contributed by atoms with Crippen molar-refractivity contribution < 1.29 is 14.9 Å². The van der Waals surface area contributed by atoms with Crippen LogP contribution < -0.4 is 0 Å². The molecule has 4 aliphatic rings. The number of aliphatic hydroxyl groups excluding tert-OH is 2. The fraction of sp³-hybridized carbons (Fsp3) is 1.00. The highest BCUT2D eigenvalue weighted by atomic mass is 16.5. The van der Waals surface area contributed by atoms with Crippen LogP contribution in [0.5, 0.6) is 0 Å². The van der Waals surface area contributed by atoms with Gasteiger partial charge in [-0.2, -0.15) is 0 Å². The SMILES string of the molecule is CC[C@@H](C)[C@H]1CC[C@H]2[C@@H]3CC[C@@H]4C[C@H](OCCCO)CC[C@]4(C)[C@H]3C[C@H](O)[C@]12C. The van der Waals surface area contributed by atoms with Gasteiger partial charge in [-0.1, -0.05) is 34.1 Å². The van der Waals surface area contributed by atoms with E-state index in [0.29, 0.717) is 30.0 Å². The van der Waals surface area contributed by atoms with E-state index in [1.165, 1.54) is 44.9 Å². The molecule has 4 saturated carbocycles. The Morgan fingerprint density at radius 3 is 2.55 bits per heavy atom. The fourth-order valence-corrected chi connectivity index (χ4v) is 8.89. The molecule has 3 nitrogen and oxygen atoms in total. The van der Waals surface area contributed by atoms with Gasteiger partial charge in [-0.3, -0.25) is 0 Å². The van der Waals surface area contributed by atoms with Gasteiger partial charge in [0.1, 0.15) is 0 Å². The van der Waals surface area contributed by atoms with Crippen molar-refractivity contribution >= 4 is 0 Å². The molecule has 0 radical (unpaired) electrons. The van der Waals surface area contributed by atoms with Crippen LogP contribution in [-0.4, -0.2) is 35.6 Å². The second-order valence-electron chi connectivity index (χ2n) is 11.7. The minimum Gasteiger partial charge on any atom is -0.396 e. The van der Waals surface area contributed by atoms with Crippen LogP contribution in [0, 0.1) is 46.3 Å². The highest BCUT2D eigenvalue weighted by molar-refractivity contribution is 5.12. The molecule has 0 bridgehead atoms. The molecule has 4 rings (SSSR count). The molecule has 0 unspecified atom stereocenters. The second-order valence-corrected chi connectivity index (χ2v) is 11.7. The third kappa shape index (κ3) is 3.52. The average molecular weight is 407 g/mol. The average Bonchev–Trinajstić information content (AvgIpc) is 3.07. The van der Waals surface area contributed by atoms with E-state index in [-0.39, 0.29) is 18.1 Å². The molecule has 0 saturated heterocycles. The molecule has 168 valence electrons. The smallest absolute Gasteiger partial charge is 0.0602 e. The molecule has 0 aromatic heterocycles. The molecule has 0 aromatic carbocycles. The minimum atomic E-state index is -0.121. The Morgan fingerprint density at radius 1 is 1.03 bits per heavy atom. The van der Waals surface area contributed by atoms with Gasteiger partial charge in [0.15, 0.2) is 0 Å². The summed E-state index contributed by atoms with van der Waals surface area (Å²) in [6, 6.07) is 0. The third-order valence-electron chi connectivity index (χ3n) is 10.8. The van der Waals surface area contributed by atoms with Gasteiger partial charge in [-0.15, -0.1) is 0 Å². The Balaban J connectivity index is 1.50. The lowest BCUT2D eigenvalue weighted by Gasteiger charge is -2.62. The summed E-state index contributed by atoms with van der Waals surface area (Å²) < 4.78 is 6.10. The van der Waals surface area contributed by atoms with E-state index in [1.54, 1.807) is 0 Å². The maximum atomic E-state index is 11.5. The lowest BCUT2D eigenvalue weighted by molar-refractivity contribution is -0.177. The predicted molar refractivity (Wildman–Crippen MR) is 118 cm³/mol. The maximum absolute atomic E-state index is 11.5. The number of aliphatic hydroxyl groups is 2. The van der Waals surface area contributed by atoms with E-state index < -0.39 is 0 Å². The molecule has 2 N–H and O–H groups in total. The molecule has 0 spiro atoms. The predicted octanol–water partition coefficient (Wildman–Crippen LogP) is 5.43. The summed E-state index contributed by atoms with van der Waals surface area (Å²) in [5.41, 5.74) is 0.529. The number of ether oxygens (including phenoxy) is 1. The fourth-order valence-electron chi connectivity index (χ4n) is 8.89. The van der Waals surface area contributed by atoms with Crippen molar-refractivity contribution in [2.24, 2.45) is 46.3 Å². The molecule has 4 fully saturated rings. The first-order chi connectivity index (χ1) is 13.9. The molecule has 10 atom stereocenters. The Hall–Kier alpha value is -0.120. The second kappa shape index (κ2) is 8.43. The van der Waals surface area contributed by atoms with Crippen molar-refractivity contribution in [2.45, 2.75) is 104 Å². The zero-order valence-electron chi connectivity index (χ0n) is 19.4. The molecular formula is C26H46O3. The standard InChI is InChI=1S/C26H46O3/c1-5-17(2)21-9-10-22-20-8-7-18-15-19(29-14-6-13-27)11-12-25(18,3)23(20)16-24(28)26(21,22)4/h17-24,27-28H,5-16H2,1-4H3/t17-,18-,19-,20+,21-,22+,23+,24+,25+,26-/m1/s1. The Labute approximate surface area is 179 Å². The first kappa shape index (κ1) is 22.1. The van der Waals surface area contributed by atoms with E-state index in [0.717, 1.165) is 42.9 Å². The van der Waals surface area contributed by atoms with E-state index in [4.69, 9.17) is 9.84 Å². The lowest BCUT2D eigenvalue weighted by atomic mass is 9.43. The van der Waals surface area contributed by atoms with Crippen molar-refractivity contribution in [1.29, 1.82) is 0 Å². The molecule has 4 aliphatic carbocycles. The molecule has 0 heterocycles. The van der Waals surface area contributed by atoms with Crippen LogP contribution in [-0.2, 0) is 4.74 Å². The van der Waals surface area contributed by atoms with Gasteiger partial charge < -0.3 is 14.9 Å². The van der Waals surface area contributed by atoms with Crippen molar-refractivity contribution in [1.82, 2.24) is 0 Å². The Bertz CT molecular complexity index is 564. The van der Waals surface area contributed by atoms with Gasteiger partial charge in [0, 0.05) is 13.2 Å². The zero-order chi connectivity index (χ0) is 20.8. The Kier molecular flexibility index (Phi) is 6.42. The molecule has 0 amide bonds. The van der Waals surface area contributed by atoms with Gasteiger partial charge >= 0.3 is 0 Å². The maximum Gasteiger partial charge on any atom is 0.0602 e. The minimum absolute atomic E-state index is 0.121. The number of rotatable bonds is 6. The van der Waals surface area contributed by atoms with Gasteiger partial charge in [0.25, 0.3) is 0 Å². The monoisotopic (exact) mass is 406 g/mol. The Morgan fingerprint density at radius 2 is 1.83 bits per heavy atom. The molecule has 0 aliphatic heterocycles. The van der Waals surface area contributed by atoms with E-state index in [9.17, 15) is 5.11 Å². The normalized spacial score (nSPS) is 50.5. The van der Waals surface area contributed by atoms with E-state index >= 15 is 0 Å². The summed E-state index contributed by atoms with van der Waals surface area (Å²) >= 11 is 0. The topological polar surface area (TPSA) is 49.7 Å². The molecule has 29 heavy (non-hydrogen) atoms. The summed E-state index contributed by atoms with van der Waals surface area (Å²) in [6.45, 7) is 10.7. The van der Waals surface area contributed by atoms with E-state index in [2.05, 4.69) is 27.7 Å². The van der Waals surface area contributed by atoms with Gasteiger partial charge in [0.2, 0.25) is 0 Å². The number of hydrogen-bond acceptors (Lipinski definition) is 3. The lowest BCUT2D eigenvalue weighted by Crippen LogP contribution is -2.58. The largest absolute Gasteiger partial charge is 0.396 e. The summed E-state index contributed by atoms with van der Waals surface area (Å²) in [7, 11) is 0. The number of fused-ring (bicyclic) bond motifs is 5. The van der Waals surface area contributed by atoms with Gasteiger partial charge in [0.05, 0.1) is 12.2 Å². The van der Waals surface area contributed by atoms with Crippen LogP contribution in [0.3, 0.4) is 0 Å². The van der Waals surface area contributed by atoms with Crippen LogP contribution in [0.2, 0.25) is 0 Å². The molecule has 3 heteroatoms. The highest BCUT2D eigenvalue weighted by Crippen LogP contribution is 2.68. The summed E-state index contributed by atoms with van der Waals surface area (Å²) in [6.07, 6.45) is 12.3. The highest BCUT2D eigenvalue weighted by Gasteiger charge is 2.63. The van der Waals surface area contributed by atoms with Crippen LogP contribution in [0.25, 0.3) is 0 Å². The van der Waals surface area contributed by atoms with Crippen molar-refractivity contribution in [3.63, 3.8) is 0 Å². The van der Waals surface area contributed by atoms with Crippen LogP contribution >= 0.6 is 0 Å². The third-order valence-corrected chi connectivity index (χ3v) is 10.8. The molecule has 0 aromatic rings. The van der Waals surface area contributed by atoms with E-state index in [1.807, 2.05) is 0 Å². The first-order valence-corrected chi connectivity index (χ1v) is 12.8. The van der Waals surface area contributed by atoms with Crippen molar-refractivity contribution in [3.05, 3.63) is 0 Å². The zero-order valence-corrected chi connectivity index (χ0v) is 19.4. The van der Waals surface area contributed by atoms with Crippen LogP contribution in [0.15, 0.2) is 0 Å². The quantitative estimate of drug-likeness (QED) is 0.578. The van der Waals surface area contributed by atoms with Crippen LogP contribution in [0.4, 0.5) is 0 Å². The summed E-state index contributed by atoms with van der Waals surface area (Å²) in [4.78, 5) is 0. The van der Waals surface area contributed by atoms with Crippen molar-refractivity contribution in [2.75, 3.05) is 13.2 Å². The summed E-state index contributed by atoms with van der Waals surface area (Å²) in [5, 5.41) is 20.6. The summed E-state index contributed by atoms with van der Waals surface area (Å²) in [5.74, 6) is 4.43. The van der Waals surface area contributed by atoms with Crippen LogP contribution in [0.1, 0.15) is 91.9 Å². The molecular weight excluding hydrogens is 360 g/mol. The number of hydrogen-bond donors (Lipinski definition) is 2. The van der Waals surface area contributed by atoms with Gasteiger partial charge in [-0.05, 0) is 104 Å². The van der Waals surface area contributed by atoms with Gasteiger partial charge in [-0.25, -0.2) is 0 Å². The first-order valence-electron chi connectivity index (χ1n) is 12.8. The van der Waals surface area contributed by atoms with Crippen molar-refractivity contribution in [3.8, 4) is 0 Å².